The van der Waals surface area contributed by atoms with E-state index in [4.69, 9.17) is 10.2 Å². The average Bonchev–Trinajstić information content (AvgIpc) is 3.51. The van der Waals surface area contributed by atoms with Crippen LogP contribution in [0.1, 0.15) is 56.1 Å². The van der Waals surface area contributed by atoms with Gasteiger partial charge in [-0.15, -0.1) is 12.4 Å². The maximum atomic E-state index is 14.8. The summed E-state index contributed by atoms with van der Waals surface area (Å²) in [5.74, 6) is -0.107. The second-order valence-corrected chi connectivity index (χ2v) is 11.0. The third-order valence-electron chi connectivity index (χ3n) is 8.06. The largest absolute Gasteiger partial charge is 0.508 e. The molecule has 232 valence electrons. The number of halogens is 2. The number of carbonyl (C=O) groups is 1. The lowest BCUT2D eigenvalue weighted by Crippen LogP contribution is -2.43. The van der Waals surface area contributed by atoms with E-state index < -0.39 is 5.82 Å². The number of nitrogens with one attached hydrogen (secondary N) is 2. The first-order valence-corrected chi connectivity index (χ1v) is 14.7. The molecule has 0 bridgehead atoms. The zero-order valence-electron chi connectivity index (χ0n) is 24.6. The van der Waals surface area contributed by atoms with Crippen molar-refractivity contribution in [1.29, 1.82) is 5.26 Å². The number of unbranched alkanes of at least 4 members (excludes halogenated alkanes) is 3. The first-order chi connectivity index (χ1) is 20.9. The second kappa shape index (κ2) is 15.0. The van der Waals surface area contributed by atoms with E-state index in [0.29, 0.717) is 46.4 Å². The van der Waals surface area contributed by atoms with E-state index >= 15 is 0 Å². The van der Waals surface area contributed by atoms with Crippen LogP contribution < -0.4 is 15.7 Å². The van der Waals surface area contributed by atoms with Gasteiger partial charge >= 0.3 is 0 Å². The van der Waals surface area contributed by atoms with Gasteiger partial charge in [-0.3, -0.25) is 14.4 Å². The summed E-state index contributed by atoms with van der Waals surface area (Å²) >= 11 is 0. The minimum Gasteiger partial charge on any atom is -0.508 e. The lowest BCUT2D eigenvalue weighted by Gasteiger charge is -2.34. The number of hydrogen-bond acceptors (Lipinski definition) is 8. The van der Waals surface area contributed by atoms with Crippen LogP contribution in [0.15, 0.2) is 48.8 Å². The van der Waals surface area contributed by atoms with E-state index in [1.807, 2.05) is 35.7 Å². The van der Waals surface area contributed by atoms with Gasteiger partial charge in [0.25, 0.3) is 0 Å². The van der Waals surface area contributed by atoms with E-state index in [1.54, 1.807) is 23.8 Å². The van der Waals surface area contributed by atoms with Crippen LogP contribution in [0.5, 0.6) is 5.75 Å². The van der Waals surface area contributed by atoms with Crippen molar-refractivity contribution in [3.63, 3.8) is 0 Å². The van der Waals surface area contributed by atoms with Crippen LogP contribution in [-0.4, -0.2) is 56.3 Å². The number of fused-ring (bicyclic) bond motifs is 1. The lowest BCUT2D eigenvalue weighted by atomic mass is 9.98. The summed E-state index contributed by atoms with van der Waals surface area (Å²) in [6.45, 7) is 4.29. The normalized spacial score (nSPS) is 13.5. The number of rotatable bonds is 11. The van der Waals surface area contributed by atoms with Gasteiger partial charge < -0.3 is 15.3 Å². The molecule has 1 aliphatic rings. The number of hydrogen-bond donors (Lipinski definition) is 4. The zero-order valence-corrected chi connectivity index (χ0v) is 25.4. The predicted molar refractivity (Wildman–Crippen MR) is 168 cm³/mol. The molecule has 0 radical (unpaired) electrons. The molecule has 0 aliphatic carbocycles. The van der Waals surface area contributed by atoms with Crippen molar-refractivity contribution in [2.75, 3.05) is 24.5 Å². The number of aromatic hydroxyl groups is 1. The number of nitrogens with zero attached hydrogens (tertiary/aromatic N) is 5. The van der Waals surface area contributed by atoms with Crippen molar-refractivity contribution in [2.45, 2.75) is 57.9 Å². The molecule has 0 unspecified atom stereocenters. The molecule has 44 heavy (non-hydrogen) atoms. The fourth-order valence-electron chi connectivity index (χ4n) is 5.59. The highest BCUT2D eigenvalue weighted by atomic mass is 35.5. The molecule has 4 N–H and O–H groups in total. The first kappa shape index (κ1) is 32.7. The van der Waals surface area contributed by atoms with Crippen LogP contribution in [0.25, 0.3) is 28.0 Å². The Balaban J connectivity index is 0.00000442. The SMILES string of the molecule is Cc1ccc(-c2c(-c3ccc(C#N)c(F)c3)nc(N3CCC(NCCCCCCC(=O)NO)CC3)n3ccnc23)cc1O.Cl. The molecule has 2 aromatic heterocycles. The van der Waals surface area contributed by atoms with Crippen molar-refractivity contribution in [3.05, 3.63) is 65.7 Å². The summed E-state index contributed by atoms with van der Waals surface area (Å²) < 4.78 is 16.8. The summed E-state index contributed by atoms with van der Waals surface area (Å²) in [7, 11) is 0. The number of benzene rings is 2. The van der Waals surface area contributed by atoms with Gasteiger partial charge in [0, 0.05) is 43.5 Å². The lowest BCUT2D eigenvalue weighted by molar-refractivity contribution is -0.129. The number of aromatic nitrogens is 3. The highest BCUT2D eigenvalue weighted by Crippen LogP contribution is 2.38. The monoisotopic (exact) mass is 621 g/mol. The third-order valence-corrected chi connectivity index (χ3v) is 8.06. The zero-order chi connectivity index (χ0) is 30.3. The number of amides is 1. The molecule has 3 heterocycles. The molecular formula is C32H37ClFN7O3. The molecule has 4 aromatic rings. The maximum Gasteiger partial charge on any atom is 0.243 e. The molecule has 1 fully saturated rings. The van der Waals surface area contributed by atoms with Gasteiger partial charge in [0.2, 0.25) is 11.9 Å². The maximum absolute atomic E-state index is 14.8. The molecule has 1 amide bonds. The summed E-state index contributed by atoms with van der Waals surface area (Å²) in [6.07, 6.45) is 9.56. The molecular weight excluding hydrogens is 585 g/mol. The van der Waals surface area contributed by atoms with Gasteiger partial charge in [-0.25, -0.2) is 19.8 Å². The number of phenolic OH excluding ortho intramolecular Hbond substituents is 1. The minimum absolute atomic E-state index is 0. The Morgan fingerprint density at radius 3 is 2.57 bits per heavy atom. The molecule has 1 aliphatic heterocycles. The van der Waals surface area contributed by atoms with E-state index in [-0.39, 0.29) is 29.6 Å². The number of piperidine rings is 1. The van der Waals surface area contributed by atoms with E-state index in [2.05, 4.69) is 15.2 Å². The Morgan fingerprint density at radius 2 is 1.86 bits per heavy atom. The number of aryl methyl sites for hydroxylation is 1. The van der Waals surface area contributed by atoms with Crippen molar-refractivity contribution in [3.8, 4) is 34.2 Å². The number of hydroxylamine groups is 1. The molecule has 5 rings (SSSR count). The predicted octanol–water partition coefficient (Wildman–Crippen LogP) is 5.52. The molecule has 10 nitrogen and oxygen atoms in total. The molecule has 0 atom stereocenters. The van der Waals surface area contributed by atoms with Gasteiger partial charge in [0.05, 0.1) is 16.8 Å². The third kappa shape index (κ3) is 7.27. The Kier molecular flexibility index (Phi) is 11.1. The molecule has 0 spiro atoms. The van der Waals surface area contributed by atoms with Crippen LogP contribution in [0.4, 0.5) is 10.3 Å². The highest BCUT2D eigenvalue weighted by molar-refractivity contribution is 5.91. The fraction of sp³-hybridized carbons (Fsp3) is 0.375. The average molecular weight is 622 g/mol. The van der Waals surface area contributed by atoms with E-state index in [9.17, 15) is 19.6 Å². The van der Waals surface area contributed by atoms with Crippen LogP contribution >= 0.6 is 12.4 Å². The van der Waals surface area contributed by atoms with Gasteiger partial charge in [-0.05, 0) is 68.5 Å². The fourth-order valence-corrected chi connectivity index (χ4v) is 5.59. The van der Waals surface area contributed by atoms with Crippen LogP contribution in [-0.2, 0) is 4.79 Å². The Labute approximate surface area is 261 Å². The van der Waals surface area contributed by atoms with Crippen molar-refractivity contribution in [2.24, 2.45) is 0 Å². The Bertz CT molecular complexity index is 1650. The molecule has 12 heteroatoms. The summed E-state index contributed by atoms with van der Waals surface area (Å²) in [5, 5.41) is 32.0. The molecule has 2 aromatic carbocycles. The number of nitriles is 1. The van der Waals surface area contributed by atoms with Crippen LogP contribution in [0.3, 0.4) is 0 Å². The number of phenols is 1. The van der Waals surface area contributed by atoms with Gasteiger partial charge in [0.15, 0.2) is 0 Å². The van der Waals surface area contributed by atoms with Crippen LogP contribution in [0.2, 0.25) is 0 Å². The number of anilines is 1. The quantitative estimate of drug-likeness (QED) is 0.0975. The van der Waals surface area contributed by atoms with Crippen molar-refractivity contribution < 1.29 is 19.5 Å². The first-order valence-electron chi connectivity index (χ1n) is 14.7. The minimum atomic E-state index is -0.619. The van der Waals surface area contributed by atoms with E-state index in [0.717, 1.165) is 63.7 Å². The van der Waals surface area contributed by atoms with Crippen molar-refractivity contribution in [1.82, 2.24) is 25.2 Å². The molecule has 0 saturated carbocycles. The number of imidazole rings is 1. The summed E-state index contributed by atoms with van der Waals surface area (Å²) in [5.41, 5.74) is 5.43. The van der Waals surface area contributed by atoms with E-state index in [1.165, 1.54) is 12.1 Å². The number of carbonyl (C=O) groups excluding carboxylic acids is 1. The van der Waals surface area contributed by atoms with Crippen LogP contribution in [0, 0.1) is 24.1 Å². The van der Waals surface area contributed by atoms with Gasteiger partial charge in [-0.2, -0.15) is 5.26 Å². The standard InChI is InChI=1S/C32H36FN7O3.ClH/c1-21-7-8-22(19-27(21)41)29-30(23-9-10-24(20-34)26(33)18-23)37-32(40-17-14-36-31(29)40)39-15-11-25(12-16-39)35-13-5-3-2-4-6-28(42)38-43;/h7-10,14,17-19,25,35,41,43H,2-6,11-13,15-16H2,1H3,(H,38,42);1H. The Morgan fingerprint density at radius 1 is 1.11 bits per heavy atom. The summed E-state index contributed by atoms with van der Waals surface area (Å²) in [6, 6.07) is 12.2. The second-order valence-electron chi connectivity index (χ2n) is 11.0. The van der Waals surface area contributed by atoms with Crippen molar-refractivity contribution >= 4 is 29.9 Å². The molecule has 1 saturated heterocycles. The topological polar surface area (TPSA) is 139 Å². The summed E-state index contributed by atoms with van der Waals surface area (Å²) in [4.78, 5) is 23.1. The van der Waals surface area contributed by atoms with Gasteiger partial charge in [-0.1, -0.05) is 31.0 Å². The van der Waals surface area contributed by atoms with Gasteiger partial charge in [0.1, 0.15) is 23.3 Å². The highest BCUT2D eigenvalue weighted by Gasteiger charge is 2.25. The Hall–Kier alpha value is -4.24. The smallest absolute Gasteiger partial charge is 0.243 e.